The molecule has 1 aliphatic carbocycles. The molecule has 0 radical (unpaired) electrons. The Labute approximate surface area is 129 Å². The zero-order valence-corrected chi connectivity index (χ0v) is 13.1. The fourth-order valence-electron chi connectivity index (χ4n) is 2.54. The summed E-state index contributed by atoms with van der Waals surface area (Å²) >= 11 is 0. The van der Waals surface area contributed by atoms with Crippen molar-refractivity contribution >= 4 is 11.8 Å². The predicted molar refractivity (Wildman–Crippen MR) is 80.8 cm³/mol. The molecule has 1 aliphatic rings. The quantitative estimate of drug-likeness (QED) is 0.892. The zero-order chi connectivity index (χ0) is 16.3. The molecule has 122 valence electrons. The second-order valence-electron chi connectivity index (χ2n) is 6.63. The average molecular weight is 312 g/mol. The first-order valence-electron chi connectivity index (χ1n) is 7.44. The molecule has 1 aromatic carbocycles. The van der Waals surface area contributed by atoms with E-state index in [-0.39, 0.29) is 12.1 Å². The molecule has 0 bridgehead atoms. The standard InChI is InChI=1S/C16H22F2N2O2/c1-16(2,3)22-15(21)20-11-5-4-10(8-11)19-12-6-7-13(17)14(18)9-12/h6-7,9-11,19H,4-5,8H2,1-3H3,(H,20,21). The number of halogens is 2. The van der Waals surface area contributed by atoms with E-state index in [0.29, 0.717) is 5.69 Å². The molecule has 0 aromatic heterocycles. The molecule has 1 fully saturated rings. The lowest BCUT2D eigenvalue weighted by Crippen LogP contribution is -2.38. The summed E-state index contributed by atoms with van der Waals surface area (Å²) in [6.45, 7) is 5.44. The summed E-state index contributed by atoms with van der Waals surface area (Å²) in [6.07, 6.45) is 1.96. The molecular weight excluding hydrogens is 290 g/mol. The van der Waals surface area contributed by atoms with Gasteiger partial charge >= 0.3 is 6.09 Å². The minimum absolute atomic E-state index is 0.0256. The largest absolute Gasteiger partial charge is 0.444 e. The number of hydrogen-bond acceptors (Lipinski definition) is 3. The van der Waals surface area contributed by atoms with Crippen molar-refractivity contribution in [3.05, 3.63) is 29.8 Å². The number of carbonyl (C=O) groups excluding carboxylic acids is 1. The highest BCUT2D eigenvalue weighted by Crippen LogP contribution is 2.24. The van der Waals surface area contributed by atoms with Crippen molar-refractivity contribution in [3.63, 3.8) is 0 Å². The molecule has 2 N–H and O–H groups in total. The number of hydrogen-bond donors (Lipinski definition) is 2. The van der Waals surface area contributed by atoms with Crippen LogP contribution in [0.5, 0.6) is 0 Å². The Kier molecular flexibility index (Phi) is 4.88. The third kappa shape index (κ3) is 4.86. The summed E-state index contributed by atoms with van der Waals surface area (Å²) in [5, 5.41) is 6.00. The van der Waals surface area contributed by atoms with Gasteiger partial charge in [0, 0.05) is 23.8 Å². The van der Waals surface area contributed by atoms with E-state index < -0.39 is 23.3 Å². The van der Waals surface area contributed by atoms with Crippen LogP contribution in [0.1, 0.15) is 40.0 Å². The summed E-state index contributed by atoms with van der Waals surface area (Å²) in [5.74, 6) is -1.73. The van der Waals surface area contributed by atoms with E-state index in [4.69, 9.17) is 4.74 Å². The normalized spacial score (nSPS) is 21.5. The monoisotopic (exact) mass is 312 g/mol. The van der Waals surface area contributed by atoms with Gasteiger partial charge in [0.05, 0.1) is 0 Å². The number of carbonyl (C=O) groups is 1. The molecule has 0 saturated heterocycles. The Morgan fingerprint density at radius 3 is 2.50 bits per heavy atom. The van der Waals surface area contributed by atoms with Crippen LogP contribution in [-0.4, -0.2) is 23.8 Å². The SMILES string of the molecule is CC(C)(C)OC(=O)NC1CCC(Nc2ccc(F)c(F)c2)C1. The van der Waals surface area contributed by atoms with Crippen molar-refractivity contribution in [2.45, 2.75) is 57.7 Å². The van der Waals surface area contributed by atoms with Crippen molar-refractivity contribution < 1.29 is 18.3 Å². The second kappa shape index (κ2) is 6.50. The van der Waals surface area contributed by atoms with Gasteiger partial charge in [0.25, 0.3) is 0 Å². The van der Waals surface area contributed by atoms with E-state index >= 15 is 0 Å². The van der Waals surface area contributed by atoms with Crippen LogP contribution in [0.25, 0.3) is 0 Å². The number of nitrogens with one attached hydrogen (secondary N) is 2. The Morgan fingerprint density at radius 1 is 1.18 bits per heavy atom. The maximum absolute atomic E-state index is 13.2. The van der Waals surface area contributed by atoms with E-state index in [1.165, 1.54) is 6.07 Å². The highest BCUT2D eigenvalue weighted by molar-refractivity contribution is 5.68. The van der Waals surface area contributed by atoms with Gasteiger partial charge in [0.15, 0.2) is 11.6 Å². The maximum Gasteiger partial charge on any atom is 0.407 e. The molecule has 0 aliphatic heterocycles. The average Bonchev–Trinajstić information content (AvgIpc) is 2.78. The first-order chi connectivity index (χ1) is 10.2. The molecular formula is C16H22F2N2O2. The van der Waals surface area contributed by atoms with Gasteiger partial charge in [-0.25, -0.2) is 13.6 Å². The van der Waals surface area contributed by atoms with Crippen LogP contribution >= 0.6 is 0 Å². The lowest BCUT2D eigenvalue weighted by Gasteiger charge is -2.22. The van der Waals surface area contributed by atoms with Gasteiger partial charge in [-0.05, 0) is 52.2 Å². The molecule has 2 unspecified atom stereocenters. The number of rotatable bonds is 3. The van der Waals surface area contributed by atoms with Crippen molar-refractivity contribution in [1.29, 1.82) is 0 Å². The molecule has 0 spiro atoms. The molecule has 6 heteroatoms. The van der Waals surface area contributed by atoms with Crippen molar-refractivity contribution in [2.75, 3.05) is 5.32 Å². The van der Waals surface area contributed by atoms with Gasteiger partial charge in [-0.2, -0.15) is 0 Å². The molecule has 0 heterocycles. The highest BCUT2D eigenvalue weighted by atomic mass is 19.2. The third-order valence-electron chi connectivity index (χ3n) is 3.44. The summed E-state index contributed by atoms with van der Waals surface area (Å²) in [6, 6.07) is 3.89. The fraction of sp³-hybridized carbons (Fsp3) is 0.562. The maximum atomic E-state index is 13.2. The minimum Gasteiger partial charge on any atom is -0.444 e. The number of alkyl carbamates (subject to hydrolysis) is 1. The molecule has 2 atom stereocenters. The van der Waals surface area contributed by atoms with Gasteiger partial charge in [-0.15, -0.1) is 0 Å². The first-order valence-corrected chi connectivity index (χ1v) is 7.44. The van der Waals surface area contributed by atoms with E-state index in [9.17, 15) is 13.6 Å². The van der Waals surface area contributed by atoms with Gasteiger partial charge in [-0.3, -0.25) is 0 Å². The van der Waals surface area contributed by atoms with E-state index in [1.807, 2.05) is 20.8 Å². The van der Waals surface area contributed by atoms with Gasteiger partial charge in [0.1, 0.15) is 5.60 Å². The van der Waals surface area contributed by atoms with E-state index in [2.05, 4.69) is 10.6 Å². The van der Waals surface area contributed by atoms with Crippen LogP contribution in [-0.2, 0) is 4.74 Å². The van der Waals surface area contributed by atoms with Crippen LogP contribution in [0.3, 0.4) is 0 Å². The molecule has 1 aromatic rings. The van der Waals surface area contributed by atoms with Gasteiger partial charge in [0.2, 0.25) is 0 Å². The predicted octanol–water partition coefficient (Wildman–Crippen LogP) is 3.82. The molecule has 1 amide bonds. The van der Waals surface area contributed by atoms with E-state index in [0.717, 1.165) is 31.4 Å². The Bertz CT molecular complexity index is 543. The van der Waals surface area contributed by atoms with Crippen molar-refractivity contribution in [3.8, 4) is 0 Å². The van der Waals surface area contributed by atoms with Crippen molar-refractivity contribution in [2.24, 2.45) is 0 Å². The summed E-state index contributed by atoms with van der Waals surface area (Å²) in [4.78, 5) is 11.7. The number of anilines is 1. The van der Waals surface area contributed by atoms with Crippen LogP contribution in [0, 0.1) is 11.6 Å². The Balaban J connectivity index is 1.82. The summed E-state index contributed by atoms with van der Waals surface area (Å²) < 4.78 is 31.3. The first kappa shape index (κ1) is 16.5. The fourth-order valence-corrected chi connectivity index (χ4v) is 2.54. The zero-order valence-electron chi connectivity index (χ0n) is 13.1. The Morgan fingerprint density at radius 2 is 1.86 bits per heavy atom. The van der Waals surface area contributed by atoms with E-state index in [1.54, 1.807) is 0 Å². The van der Waals surface area contributed by atoms with Gasteiger partial charge < -0.3 is 15.4 Å². The number of benzene rings is 1. The summed E-state index contributed by atoms with van der Waals surface area (Å²) in [7, 11) is 0. The highest BCUT2D eigenvalue weighted by Gasteiger charge is 2.27. The molecule has 2 rings (SSSR count). The summed E-state index contributed by atoms with van der Waals surface area (Å²) in [5.41, 5.74) is 0.0215. The van der Waals surface area contributed by atoms with Crippen LogP contribution < -0.4 is 10.6 Å². The lowest BCUT2D eigenvalue weighted by atomic mass is 10.2. The van der Waals surface area contributed by atoms with Crippen LogP contribution in [0.4, 0.5) is 19.3 Å². The Hall–Kier alpha value is -1.85. The molecule has 22 heavy (non-hydrogen) atoms. The van der Waals surface area contributed by atoms with Crippen molar-refractivity contribution in [1.82, 2.24) is 5.32 Å². The lowest BCUT2D eigenvalue weighted by molar-refractivity contribution is 0.0505. The van der Waals surface area contributed by atoms with Gasteiger partial charge in [-0.1, -0.05) is 0 Å². The smallest absolute Gasteiger partial charge is 0.407 e. The topological polar surface area (TPSA) is 50.4 Å². The van der Waals surface area contributed by atoms with Crippen LogP contribution in [0.2, 0.25) is 0 Å². The molecule has 4 nitrogen and oxygen atoms in total. The van der Waals surface area contributed by atoms with Crippen LogP contribution in [0.15, 0.2) is 18.2 Å². The second-order valence-corrected chi connectivity index (χ2v) is 6.63. The number of amides is 1. The number of ether oxygens (including phenoxy) is 1. The third-order valence-corrected chi connectivity index (χ3v) is 3.44. The minimum atomic E-state index is -0.869. The molecule has 1 saturated carbocycles.